The fraction of sp³-hybridized carbons (Fsp3) is 0.381. The Bertz CT molecular complexity index is 987. The number of hydrogen-bond donors (Lipinski definition) is 2. The molecule has 27 heavy (non-hydrogen) atoms. The topological polar surface area (TPSA) is 80.2 Å². The van der Waals surface area contributed by atoms with Gasteiger partial charge in [-0.3, -0.25) is 4.98 Å². The number of fused-ring (bicyclic) bond motifs is 1. The van der Waals surface area contributed by atoms with Gasteiger partial charge in [-0.1, -0.05) is 19.9 Å². The lowest BCUT2D eigenvalue weighted by atomic mass is 9.82. The van der Waals surface area contributed by atoms with Crippen molar-refractivity contribution >= 4 is 16.6 Å². The first-order chi connectivity index (χ1) is 13.0. The second-order valence-electron chi connectivity index (χ2n) is 7.87. The van der Waals surface area contributed by atoms with E-state index < -0.39 is 0 Å². The first kappa shape index (κ1) is 17.7. The number of ether oxygens (including phenoxy) is 1. The van der Waals surface area contributed by atoms with Crippen LogP contribution in [0.1, 0.15) is 25.8 Å². The van der Waals surface area contributed by atoms with Crippen molar-refractivity contribution < 1.29 is 9.84 Å². The second-order valence-corrected chi connectivity index (χ2v) is 7.87. The van der Waals surface area contributed by atoms with Crippen LogP contribution >= 0.6 is 0 Å². The van der Waals surface area contributed by atoms with Gasteiger partial charge in [-0.05, 0) is 37.1 Å². The lowest BCUT2D eigenvalue weighted by Gasteiger charge is -2.39. The summed E-state index contributed by atoms with van der Waals surface area (Å²) in [6.45, 7) is 7.77. The lowest BCUT2D eigenvalue weighted by molar-refractivity contribution is 0.00340. The van der Waals surface area contributed by atoms with Crippen LogP contribution in [0.25, 0.3) is 22.0 Å². The molecule has 0 unspecified atom stereocenters. The van der Waals surface area contributed by atoms with Gasteiger partial charge in [0.25, 0.3) is 0 Å². The summed E-state index contributed by atoms with van der Waals surface area (Å²) >= 11 is 0. The van der Waals surface area contributed by atoms with Gasteiger partial charge in [-0.25, -0.2) is 0 Å². The molecule has 0 bridgehead atoms. The summed E-state index contributed by atoms with van der Waals surface area (Å²) in [7, 11) is 0. The number of aromatic nitrogens is 3. The monoisotopic (exact) mass is 364 g/mol. The molecule has 2 aromatic heterocycles. The summed E-state index contributed by atoms with van der Waals surface area (Å²) in [4.78, 5) is 4.28. The quantitative estimate of drug-likeness (QED) is 0.733. The van der Waals surface area contributed by atoms with Crippen molar-refractivity contribution in [2.45, 2.75) is 33.2 Å². The summed E-state index contributed by atoms with van der Waals surface area (Å²) < 4.78 is 5.62. The van der Waals surface area contributed by atoms with Gasteiger partial charge in [0.2, 0.25) is 0 Å². The van der Waals surface area contributed by atoms with E-state index in [9.17, 15) is 5.11 Å². The van der Waals surface area contributed by atoms with Crippen molar-refractivity contribution in [2.75, 3.05) is 18.5 Å². The maximum absolute atomic E-state index is 10.4. The Labute approximate surface area is 158 Å². The number of anilines is 1. The average Bonchev–Trinajstić information content (AvgIpc) is 2.64. The highest BCUT2D eigenvalue weighted by molar-refractivity contribution is 6.00. The van der Waals surface area contributed by atoms with Crippen LogP contribution < -0.4 is 5.32 Å². The SMILES string of the molecule is Cc1ccc(-c2nnc(N[C@@H]3CCOCC3(C)C)c3cnccc23)c(O)c1. The molecule has 140 valence electrons. The fourth-order valence-electron chi connectivity index (χ4n) is 3.61. The van der Waals surface area contributed by atoms with Gasteiger partial charge in [0.05, 0.1) is 6.61 Å². The molecule has 1 fully saturated rings. The summed E-state index contributed by atoms with van der Waals surface area (Å²) in [5.41, 5.74) is 2.32. The van der Waals surface area contributed by atoms with E-state index in [0.29, 0.717) is 23.7 Å². The molecule has 6 heteroatoms. The number of aryl methyl sites for hydroxylation is 1. The fourth-order valence-corrected chi connectivity index (χ4v) is 3.61. The standard InChI is InChI=1S/C21H24N4O2/c1-13-4-5-15(17(26)10-13)19-14-6-8-22-11-16(14)20(25-24-19)23-18-7-9-27-12-21(18,2)3/h4-6,8,10-11,18,26H,7,9,12H2,1-3H3,(H,23,25)/t18-/m1/s1. The van der Waals surface area contributed by atoms with Crippen LogP contribution in [0.3, 0.4) is 0 Å². The molecule has 2 N–H and O–H groups in total. The van der Waals surface area contributed by atoms with Crippen molar-refractivity contribution in [3.8, 4) is 17.0 Å². The highest BCUT2D eigenvalue weighted by atomic mass is 16.5. The van der Waals surface area contributed by atoms with E-state index in [1.807, 2.05) is 25.1 Å². The van der Waals surface area contributed by atoms with Gasteiger partial charge in [0.15, 0.2) is 5.82 Å². The Morgan fingerprint density at radius 3 is 2.81 bits per heavy atom. The van der Waals surface area contributed by atoms with Crippen molar-refractivity contribution in [3.63, 3.8) is 0 Å². The maximum atomic E-state index is 10.4. The van der Waals surface area contributed by atoms with Crippen LogP contribution in [0.15, 0.2) is 36.7 Å². The number of nitrogens with zero attached hydrogens (tertiary/aromatic N) is 3. The Balaban J connectivity index is 1.79. The predicted molar refractivity (Wildman–Crippen MR) is 106 cm³/mol. The zero-order chi connectivity index (χ0) is 19.0. The van der Waals surface area contributed by atoms with Crippen LogP contribution in [0.5, 0.6) is 5.75 Å². The number of pyridine rings is 1. The number of nitrogens with one attached hydrogen (secondary N) is 1. The van der Waals surface area contributed by atoms with Crippen LogP contribution in [0.4, 0.5) is 5.82 Å². The van der Waals surface area contributed by atoms with E-state index in [-0.39, 0.29) is 17.2 Å². The summed E-state index contributed by atoms with van der Waals surface area (Å²) in [6.07, 6.45) is 4.45. The molecule has 1 aromatic carbocycles. The Hall–Kier alpha value is -2.73. The largest absolute Gasteiger partial charge is 0.507 e. The van der Waals surface area contributed by atoms with Gasteiger partial charge in [0.1, 0.15) is 11.4 Å². The van der Waals surface area contributed by atoms with Crippen LogP contribution in [0.2, 0.25) is 0 Å². The second kappa shape index (κ2) is 6.78. The lowest BCUT2D eigenvalue weighted by Crippen LogP contribution is -2.44. The molecule has 3 aromatic rings. The van der Waals surface area contributed by atoms with Gasteiger partial charge in [-0.15, -0.1) is 10.2 Å². The number of benzene rings is 1. The van der Waals surface area contributed by atoms with Crippen molar-refractivity contribution in [1.82, 2.24) is 15.2 Å². The molecule has 1 aliphatic heterocycles. The summed E-state index contributed by atoms with van der Waals surface area (Å²) in [6, 6.07) is 7.73. The number of phenolic OH excluding ortho intramolecular Hbond substituents is 1. The molecule has 0 amide bonds. The van der Waals surface area contributed by atoms with Gasteiger partial charge < -0.3 is 15.2 Å². The van der Waals surface area contributed by atoms with Crippen molar-refractivity contribution in [2.24, 2.45) is 5.41 Å². The van der Waals surface area contributed by atoms with E-state index in [4.69, 9.17) is 4.74 Å². The molecular weight excluding hydrogens is 340 g/mol. The van der Waals surface area contributed by atoms with Gasteiger partial charge >= 0.3 is 0 Å². The van der Waals surface area contributed by atoms with E-state index in [2.05, 4.69) is 34.3 Å². The Morgan fingerprint density at radius 1 is 1.19 bits per heavy atom. The van der Waals surface area contributed by atoms with E-state index in [1.165, 1.54) is 0 Å². The predicted octanol–water partition coefficient (Wildman–Crippen LogP) is 3.93. The molecular formula is C21H24N4O2. The maximum Gasteiger partial charge on any atom is 0.158 e. The Kier molecular flexibility index (Phi) is 4.44. The minimum Gasteiger partial charge on any atom is -0.507 e. The third-order valence-corrected chi connectivity index (χ3v) is 5.27. The first-order valence-electron chi connectivity index (χ1n) is 9.20. The zero-order valence-corrected chi connectivity index (χ0v) is 15.9. The Morgan fingerprint density at radius 2 is 2.04 bits per heavy atom. The smallest absolute Gasteiger partial charge is 0.158 e. The number of rotatable bonds is 3. The molecule has 3 heterocycles. The molecule has 1 atom stereocenters. The van der Waals surface area contributed by atoms with Crippen LogP contribution in [0, 0.1) is 12.3 Å². The third kappa shape index (κ3) is 3.32. The molecule has 0 radical (unpaired) electrons. The molecule has 6 nitrogen and oxygen atoms in total. The first-order valence-corrected chi connectivity index (χ1v) is 9.20. The molecule has 0 saturated carbocycles. The molecule has 0 spiro atoms. The highest BCUT2D eigenvalue weighted by Gasteiger charge is 2.33. The van der Waals surface area contributed by atoms with Crippen molar-refractivity contribution in [3.05, 3.63) is 42.2 Å². The summed E-state index contributed by atoms with van der Waals surface area (Å²) in [5, 5.41) is 24.7. The third-order valence-electron chi connectivity index (χ3n) is 5.27. The van der Waals surface area contributed by atoms with Crippen LogP contribution in [-0.4, -0.2) is 39.5 Å². The zero-order valence-electron chi connectivity index (χ0n) is 15.9. The molecule has 1 saturated heterocycles. The summed E-state index contributed by atoms with van der Waals surface area (Å²) in [5.74, 6) is 0.919. The van der Waals surface area contributed by atoms with Gasteiger partial charge in [-0.2, -0.15) is 0 Å². The molecule has 0 aliphatic carbocycles. The highest BCUT2D eigenvalue weighted by Crippen LogP contribution is 2.36. The van der Waals surface area contributed by atoms with E-state index >= 15 is 0 Å². The normalized spacial score (nSPS) is 19.1. The van der Waals surface area contributed by atoms with Gasteiger partial charge in [0, 0.05) is 46.8 Å². The van der Waals surface area contributed by atoms with Crippen LogP contribution in [-0.2, 0) is 4.74 Å². The van der Waals surface area contributed by atoms with Crippen molar-refractivity contribution in [1.29, 1.82) is 0 Å². The number of phenols is 1. The molecule has 4 rings (SSSR count). The minimum absolute atomic E-state index is 0.00234. The average molecular weight is 364 g/mol. The molecule has 1 aliphatic rings. The number of hydrogen-bond acceptors (Lipinski definition) is 6. The number of aromatic hydroxyl groups is 1. The van der Waals surface area contributed by atoms with E-state index in [1.54, 1.807) is 18.5 Å². The van der Waals surface area contributed by atoms with E-state index in [0.717, 1.165) is 29.4 Å². The minimum atomic E-state index is 0.00234.